The number of ether oxygens (including phenoxy) is 1. The molecule has 0 amide bonds. The molecule has 0 unspecified atom stereocenters. The first-order chi connectivity index (χ1) is 13.7. The Morgan fingerprint density at radius 2 is 1.04 bits per heavy atom. The molecule has 0 aliphatic carbocycles. The van der Waals surface area contributed by atoms with Gasteiger partial charge in [-0.3, -0.25) is 0 Å². The number of carbonyl (C=O) groups is 1. The third kappa shape index (κ3) is 25.2. The van der Waals surface area contributed by atoms with Crippen LogP contribution in [-0.4, -0.2) is 37.1 Å². The maximum atomic E-state index is 10.8. The average Bonchev–Trinajstić information content (AvgIpc) is 2.72. The summed E-state index contributed by atoms with van der Waals surface area (Å²) >= 11 is 0. The van der Waals surface area contributed by atoms with Gasteiger partial charge in [0.25, 0.3) is 0 Å². The summed E-state index contributed by atoms with van der Waals surface area (Å²) in [6.07, 6.45) is 20.0. The SMILES string of the molecule is C=CC(=O)OCCCCCCCCCCCCCCCC.CCN(CC)CC. The molecule has 0 rings (SSSR count). The molecule has 0 radical (unpaired) electrons. The van der Waals surface area contributed by atoms with Crippen LogP contribution in [0.4, 0.5) is 0 Å². The van der Waals surface area contributed by atoms with Gasteiger partial charge in [-0.2, -0.15) is 0 Å². The minimum atomic E-state index is -0.301. The fourth-order valence-electron chi connectivity index (χ4n) is 3.20. The summed E-state index contributed by atoms with van der Waals surface area (Å²) in [6.45, 7) is 16.3. The van der Waals surface area contributed by atoms with Crippen LogP contribution in [-0.2, 0) is 9.53 Å². The molecule has 0 saturated carbocycles. The second-order valence-corrected chi connectivity index (χ2v) is 7.59. The summed E-state index contributed by atoms with van der Waals surface area (Å²) in [6, 6.07) is 0. The summed E-state index contributed by atoms with van der Waals surface area (Å²) in [7, 11) is 0. The highest BCUT2D eigenvalue weighted by molar-refractivity contribution is 5.81. The van der Waals surface area contributed by atoms with Crippen molar-refractivity contribution >= 4 is 5.97 Å². The monoisotopic (exact) mass is 397 g/mol. The van der Waals surface area contributed by atoms with Crippen LogP contribution in [0.5, 0.6) is 0 Å². The molecule has 0 aromatic rings. The molecule has 3 nitrogen and oxygen atoms in total. The molecule has 0 saturated heterocycles. The van der Waals surface area contributed by atoms with E-state index < -0.39 is 0 Å². The highest BCUT2D eigenvalue weighted by Crippen LogP contribution is 2.12. The van der Waals surface area contributed by atoms with E-state index in [0.29, 0.717) is 6.61 Å². The summed E-state index contributed by atoms with van der Waals surface area (Å²) in [5, 5.41) is 0. The Labute approximate surface area is 177 Å². The van der Waals surface area contributed by atoms with Gasteiger partial charge in [-0.1, -0.05) is 118 Å². The van der Waals surface area contributed by atoms with E-state index in [1.165, 1.54) is 109 Å². The molecule has 0 N–H and O–H groups in total. The zero-order valence-electron chi connectivity index (χ0n) is 19.8. The predicted molar refractivity (Wildman–Crippen MR) is 125 cm³/mol. The van der Waals surface area contributed by atoms with Crippen LogP contribution in [0.1, 0.15) is 118 Å². The van der Waals surface area contributed by atoms with E-state index in [2.05, 4.69) is 39.2 Å². The number of hydrogen-bond donors (Lipinski definition) is 0. The van der Waals surface area contributed by atoms with Crippen molar-refractivity contribution in [3.05, 3.63) is 12.7 Å². The van der Waals surface area contributed by atoms with Crippen LogP contribution in [0.25, 0.3) is 0 Å². The van der Waals surface area contributed by atoms with E-state index in [0.717, 1.165) is 6.42 Å². The van der Waals surface area contributed by atoms with E-state index in [4.69, 9.17) is 4.74 Å². The molecular weight excluding hydrogens is 346 g/mol. The maximum absolute atomic E-state index is 10.8. The van der Waals surface area contributed by atoms with Crippen molar-refractivity contribution < 1.29 is 9.53 Å². The number of nitrogens with zero attached hydrogens (tertiary/aromatic N) is 1. The van der Waals surface area contributed by atoms with Crippen molar-refractivity contribution in [1.82, 2.24) is 4.90 Å². The van der Waals surface area contributed by atoms with E-state index in [1.54, 1.807) is 0 Å². The largest absolute Gasteiger partial charge is 0.463 e. The van der Waals surface area contributed by atoms with E-state index in [-0.39, 0.29) is 5.97 Å². The minimum Gasteiger partial charge on any atom is -0.463 e. The Balaban J connectivity index is 0. The molecule has 0 bridgehead atoms. The smallest absolute Gasteiger partial charge is 0.330 e. The highest BCUT2D eigenvalue weighted by Gasteiger charge is 1.96. The first kappa shape index (κ1) is 29.4. The summed E-state index contributed by atoms with van der Waals surface area (Å²) in [4.78, 5) is 13.2. The summed E-state index contributed by atoms with van der Waals surface area (Å²) < 4.78 is 4.94. The van der Waals surface area contributed by atoms with Gasteiger partial charge >= 0.3 is 5.97 Å². The summed E-state index contributed by atoms with van der Waals surface area (Å²) in [5.41, 5.74) is 0. The Kier molecular flexibility index (Phi) is 27.5. The van der Waals surface area contributed by atoms with Gasteiger partial charge in [0.15, 0.2) is 0 Å². The number of rotatable bonds is 19. The number of hydrogen-bond acceptors (Lipinski definition) is 3. The van der Waals surface area contributed by atoms with Gasteiger partial charge < -0.3 is 9.64 Å². The van der Waals surface area contributed by atoms with Gasteiger partial charge in [-0.15, -0.1) is 0 Å². The lowest BCUT2D eigenvalue weighted by molar-refractivity contribution is -0.137. The molecule has 0 aliphatic heterocycles. The lowest BCUT2D eigenvalue weighted by atomic mass is 10.0. The molecule has 0 aromatic heterocycles. The van der Waals surface area contributed by atoms with Gasteiger partial charge in [0, 0.05) is 6.08 Å². The van der Waals surface area contributed by atoms with Crippen LogP contribution in [0.3, 0.4) is 0 Å². The molecule has 0 fully saturated rings. The number of unbranched alkanes of at least 4 members (excludes halogenated alkanes) is 13. The number of esters is 1. The Morgan fingerprint density at radius 1 is 0.679 bits per heavy atom. The van der Waals surface area contributed by atoms with Crippen LogP contribution < -0.4 is 0 Å². The van der Waals surface area contributed by atoms with Crippen LogP contribution in [0, 0.1) is 0 Å². The number of carbonyl (C=O) groups excluding carboxylic acids is 1. The van der Waals surface area contributed by atoms with Crippen molar-refractivity contribution in [2.75, 3.05) is 26.2 Å². The zero-order chi connectivity index (χ0) is 21.3. The van der Waals surface area contributed by atoms with Crippen LogP contribution in [0.2, 0.25) is 0 Å². The fourth-order valence-corrected chi connectivity index (χ4v) is 3.20. The van der Waals surface area contributed by atoms with Crippen molar-refractivity contribution in [2.45, 2.75) is 118 Å². The van der Waals surface area contributed by atoms with E-state index >= 15 is 0 Å². The van der Waals surface area contributed by atoms with Crippen LogP contribution in [0.15, 0.2) is 12.7 Å². The van der Waals surface area contributed by atoms with Crippen molar-refractivity contribution in [1.29, 1.82) is 0 Å². The maximum Gasteiger partial charge on any atom is 0.330 e. The first-order valence-corrected chi connectivity index (χ1v) is 12.2. The second kappa shape index (κ2) is 26.2. The topological polar surface area (TPSA) is 29.5 Å². The molecule has 3 heteroatoms. The Morgan fingerprint density at radius 3 is 1.32 bits per heavy atom. The molecular formula is C25H51NO2. The van der Waals surface area contributed by atoms with E-state index in [9.17, 15) is 4.79 Å². The fraction of sp³-hybridized carbons (Fsp3) is 0.880. The Hall–Kier alpha value is -0.830. The molecule has 28 heavy (non-hydrogen) atoms. The second-order valence-electron chi connectivity index (χ2n) is 7.59. The van der Waals surface area contributed by atoms with Gasteiger partial charge in [0.2, 0.25) is 0 Å². The summed E-state index contributed by atoms with van der Waals surface area (Å²) in [5.74, 6) is -0.301. The van der Waals surface area contributed by atoms with Crippen molar-refractivity contribution in [3.8, 4) is 0 Å². The molecule has 0 aliphatic rings. The quantitative estimate of drug-likeness (QED) is 0.128. The molecule has 0 aromatic carbocycles. The Bertz CT molecular complexity index is 308. The lowest BCUT2D eigenvalue weighted by Gasteiger charge is -2.13. The highest BCUT2D eigenvalue weighted by atomic mass is 16.5. The first-order valence-electron chi connectivity index (χ1n) is 12.2. The van der Waals surface area contributed by atoms with E-state index in [1.807, 2.05) is 0 Å². The van der Waals surface area contributed by atoms with Gasteiger partial charge in [0.1, 0.15) is 0 Å². The standard InChI is InChI=1S/C19H36O2.C6H15N/c1-3-5-6-7-8-9-10-11-12-13-14-15-16-17-18-21-19(20)4-2;1-4-7(5-2)6-3/h4H,2-3,5-18H2,1H3;4-6H2,1-3H3. The minimum absolute atomic E-state index is 0.301. The van der Waals surface area contributed by atoms with Gasteiger partial charge in [-0.05, 0) is 26.1 Å². The zero-order valence-corrected chi connectivity index (χ0v) is 19.8. The van der Waals surface area contributed by atoms with Crippen molar-refractivity contribution in [3.63, 3.8) is 0 Å². The van der Waals surface area contributed by atoms with Gasteiger partial charge in [-0.25, -0.2) is 4.79 Å². The normalized spacial score (nSPS) is 10.5. The molecule has 0 spiro atoms. The van der Waals surface area contributed by atoms with Crippen LogP contribution >= 0.6 is 0 Å². The van der Waals surface area contributed by atoms with Crippen molar-refractivity contribution in [2.24, 2.45) is 0 Å². The molecule has 0 atom stereocenters. The third-order valence-corrected chi connectivity index (χ3v) is 5.25. The molecule has 0 heterocycles. The van der Waals surface area contributed by atoms with Gasteiger partial charge in [0.05, 0.1) is 6.61 Å². The lowest BCUT2D eigenvalue weighted by Crippen LogP contribution is -2.21. The molecule has 168 valence electrons. The third-order valence-electron chi connectivity index (χ3n) is 5.25. The average molecular weight is 398 g/mol. The predicted octanol–water partition coefficient (Wildman–Crippen LogP) is 7.55.